The monoisotopic (exact) mass is 191 g/mol. The van der Waals surface area contributed by atoms with Crippen molar-refractivity contribution in [2.24, 2.45) is 0 Å². The maximum absolute atomic E-state index is 11.5. The van der Waals surface area contributed by atoms with Crippen LogP contribution in [0.2, 0.25) is 0 Å². The topological polar surface area (TPSA) is 38.3 Å². The van der Waals surface area contributed by atoms with E-state index >= 15 is 0 Å². The van der Waals surface area contributed by atoms with Crippen molar-refractivity contribution < 1.29 is 9.53 Å². The van der Waals surface area contributed by atoms with Crippen LogP contribution in [0.4, 0.5) is 0 Å². The van der Waals surface area contributed by atoms with Crippen LogP contribution < -0.4 is 10.8 Å². The summed E-state index contributed by atoms with van der Waals surface area (Å²) in [5.74, 6) is -0.0537. The second kappa shape index (κ2) is 5.45. The van der Waals surface area contributed by atoms with Crippen LogP contribution in [-0.4, -0.2) is 34.0 Å². The van der Waals surface area contributed by atoms with Gasteiger partial charge in [-0.05, 0) is 0 Å². The van der Waals surface area contributed by atoms with Crippen LogP contribution in [0.5, 0.6) is 0 Å². The maximum atomic E-state index is 11.5. The molecule has 0 saturated carbocycles. The average Bonchev–Trinajstić information content (AvgIpc) is 2.19. The van der Waals surface area contributed by atoms with E-state index in [0.29, 0.717) is 18.7 Å². The van der Waals surface area contributed by atoms with E-state index in [1.165, 1.54) is 0 Å². The van der Waals surface area contributed by atoms with Crippen molar-refractivity contribution in [3.63, 3.8) is 0 Å². The zero-order chi connectivity index (χ0) is 10.4. The van der Waals surface area contributed by atoms with E-state index in [0.717, 1.165) is 5.46 Å². The molecule has 0 aliphatic carbocycles. The number of rotatable bonds is 4. The summed E-state index contributed by atoms with van der Waals surface area (Å²) < 4.78 is 4.83. The Morgan fingerprint density at radius 1 is 1.43 bits per heavy atom. The van der Waals surface area contributed by atoms with E-state index < -0.39 is 0 Å². The molecule has 0 bridgehead atoms. The van der Waals surface area contributed by atoms with Gasteiger partial charge in [0, 0.05) is 19.2 Å². The van der Waals surface area contributed by atoms with Crippen LogP contribution in [-0.2, 0) is 4.74 Å². The number of nitrogens with one attached hydrogen (secondary N) is 1. The molecule has 0 heterocycles. The Bertz CT molecular complexity index is 297. The molecule has 0 unspecified atom stereocenters. The smallest absolute Gasteiger partial charge is 0.251 e. The fourth-order valence-electron chi connectivity index (χ4n) is 1.07. The van der Waals surface area contributed by atoms with Crippen LogP contribution >= 0.6 is 0 Å². The van der Waals surface area contributed by atoms with Gasteiger partial charge in [-0.2, -0.15) is 0 Å². The molecule has 74 valence electrons. The second-order valence-corrected chi connectivity index (χ2v) is 3.11. The average molecular weight is 191 g/mol. The van der Waals surface area contributed by atoms with Crippen molar-refractivity contribution in [1.29, 1.82) is 0 Å². The van der Waals surface area contributed by atoms with Gasteiger partial charge >= 0.3 is 0 Å². The molecule has 0 fully saturated rings. The fourth-order valence-corrected chi connectivity index (χ4v) is 1.07. The summed E-state index contributed by atoms with van der Waals surface area (Å²) in [6, 6.07) is 7.48. The van der Waals surface area contributed by atoms with Crippen LogP contribution in [0.15, 0.2) is 24.3 Å². The number of methoxy groups -OCH3 is 1. The molecule has 0 atom stereocenters. The number of carbonyl (C=O) groups is 1. The number of hydrogen-bond donors (Lipinski definition) is 1. The Morgan fingerprint density at radius 2 is 2.07 bits per heavy atom. The summed E-state index contributed by atoms with van der Waals surface area (Å²) in [4.78, 5) is 11.5. The minimum absolute atomic E-state index is 0.0537. The fraction of sp³-hybridized carbons (Fsp3) is 0.300. The van der Waals surface area contributed by atoms with E-state index in [9.17, 15) is 4.79 Å². The van der Waals surface area contributed by atoms with Crippen molar-refractivity contribution in [2.45, 2.75) is 0 Å². The van der Waals surface area contributed by atoms with Crippen molar-refractivity contribution in [2.75, 3.05) is 20.3 Å². The van der Waals surface area contributed by atoms with Gasteiger partial charge in [-0.25, -0.2) is 0 Å². The van der Waals surface area contributed by atoms with E-state index in [1.807, 2.05) is 32.1 Å². The Kier molecular flexibility index (Phi) is 4.20. The lowest BCUT2D eigenvalue weighted by molar-refractivity contribution is 0.0937. The number of carbonyl (C=O) groups excluding carboxylic acids is 1. The molecule has 3 nitrogen and oxygen atoms in total. The third-order valence-corrected chi connectivity index (χ3v) is 1.91. The molecule has 0 aromatic heterocycles. The maximum Gasteiger partial charge on any atom is 0.251 e. The normalized spacial score (nSPS) is 9.79. The first-order valence-electron chi connectivity index (χ1n) is 4.58. The third-order valence-electron chi connectivity index (χ3n) is 1.91. The highest BCUT2D eigenvalue weighted by molar-refractivity contribution is 6.32. The first-order chi connectivity index (χ1) is 6.74. The number of hydrogen-bond acceptors (Lipinski definition) is 2. The van der Waals surface area contributed by atoms with E-state index in [1.54, 1.807) is 7.11 Å². The van der Waals surface area contributed by atoms with Crippen LogP contribution in [0.25, 0.3) is 0 Å². The van der Waals surface area contributed by atoms with Gasteiger partial charge in [0.2, 0.25) is 0 Å². The van der Waals surface area contributed by atoms with Gasteiger partial charge in [0.15, 0.2) is 0 Å². The van der Waals surface area contributed by atoms with Crippen molar-refractivity contribution >= 4 is 19.2 Å². The molecule has 1 aromatic rings. The van der Waals surface area contributed by atoms with Gasteiger partial charge in [0.1, 0.15) is 7.85 Å². The zero-order valence-corrected chi connectivity index (χ0v) is 8.54. The lowest BCUT2D eigenvalue weighted by Gasteiger charge is -2.04. The molecule has 0 spiro atoms. The summed E-state index contributed by atoms with van der Waals surface area (Å²) >= 11 is 0. The number of amides is 1. The molecule has 0 radical (unpaired) electrons. The molecule has 0 aliphatic rings. The van der Waals surface area contributed by atoms with Gasteiger partial charge in [0.25, 0.3) is 5.91 Å². The number of ether oxygens (including phenoxy) is 1. The van der Waals surface area contributed by atoms with Crippen molar-refractivity contribution in [3.05, 3.63) is 29.8 Å². The molecule has 1 amide bonds. The van der Waals surface area contributed by atoms with E-state index in [2.05, 4.69) is 5.32 Å². The summed E-state index contributed by atoms with van der Waals surface area (Å²) in [5, 5.41) is 2.76. The van der Waals surface area contributed by atoms with Gasteiger partial charge < -0.3 is 10.1 Å². The summed E-state index contributed by atoms with van der Waals surface area (Å²) in [6.45, 7) is 1.08. The van der Waals surface area contributed by atoms with E-state index in [-0.39, 0.29) is 5.91 Å². The van der Waals surface area contributed by atoms with Crippen LogP contribution in [0.3, 0.4) is 0 Å². The Hall–Kier alpha value is -1.29. The lowest BCUT2D eigenvalue weighted by Crippen LogP contribution is -2.27. The van der Waals surface area contributed by atoms with Gasteiger partial charge in [0.05, 0.1) is 6.61 Å². The predicted molar refractivity (Wildman–Crippen MR) is 58.8 cm³/mol. The standard InChI is InChI=1S/C10H14BNO2/c1-14-7-6-12-10(13)8-2-4-9(11)5-3-8/h2-5H,6-7,11H2,1H3,(H,12,13). The highest BCUT2D eigenvalue weighted by atomic mass is 16.5. The predicted octanol–water partition coefficient (Wildman–Crippen LogP) is -0.679. The SMILES string of the molecule is Bc1ccc(C(=O)NCCOC)cc1. The molecule has 1 rings (SSSR count). The second-order valence-electron chi connectivity index (χ2n) is 3.11. The quantitative estimate of drug-likeness (QED) is 0.505. The largest absolute Gasteiger partial charge is 0.383 e. The molecule has 4 heteroatoms. The van der Waals surface area contributed by atoms with Gasteiger partial charge in [-0.15, -0.1) is 0 Å². The molecule has 0 saturated heterocycles. The first-order valence-corrected chi connectivity index (χ1v) is 4.58. The highest BCUT2D eigenvalue weighted by Gasteiger charge is 2.02. The Morgan fingerprint density at radius 3 is 2.64 bits per heavy atom. The molecular formula is C10H14BNO2. The first kappa shape index (κ1) is 10.8. The molecular weight excluding hydrogens is 177 g/mol. The minimum Gasteiger partial charge on any atom is -0.383 e. The summed E-state index contributed by atoms with van der Waals surface area (Å²) in [6.07, 6.45) is 0. The van der Waals surface area contributed by atoms with Gasteiger partial charge in [-0.3, -0.25) is 4.79 Å². The Balaban J connectivity index is 2.48. The zero-order valence-electron chi connectivity index (χ0n) is 8.54. The van der Waals surface area contributed by atoms with Crippen molar-refractivity contribution in [3.8, 4) is 0 Å². The minimum atomic E-state index is -0.0537. The molecule has 0 aliphatic heterocycles. The van der Waals surface area contributed by atoms with Gasteiger partial charge in [-0.1, -0.05) is 29.7 Å². The lowest BCUT2D eigenvalue weighted by atomic mass is 9.95. The Labute approximate surface area is 84.9 Å². The van der Waals surface area contributed by atoms with Crippen LogP contribution in [0.1, 0.15) is 10.4 Å². The summed E-state index contributed by atoms with van der Waals surface area (Å²) in [7, 11) is 3.60. The van der Waals surface area contributed by atoms with Crippen molar-refractivity contribution in [1.82, 2.24) is 5.32 Å². The third kappa shape index (κ3) is 3.22. The summed E-state index contributed by atoms with van der Waals surface area (Å²) in [5.41, 5.74) is 1.84. The van der Waals surface area contributed by atoms with Crippen LogP contribution in [0, 0.1) is 0 Å². The molecule has 1 aromatic carbocycles. The molecule has 14 heavy (non-hydrogen) atoms. The number of benzene rings is 1. The van der Waals surface area contributed by atoms with E-state index in [4.69, 9.17) is 4.74 Å². The highest BCUT2D eigenvalue weighted by Crippen LogP contribution is 1.95. The molecule has 1 N–H and O–H groups in total.